The van der Waals surface area contributed by atoms with Crippen LogP contribution in [0.3, 0.4) is 0 Å². The Bertz CT molecular complexity index is 3910. The van der Waals surface area contributed by atoms with Gasteiger partial charge in [0.15, 0.2) is 16.9 Å². The number of allylic oxidation sites excluding steroid dienone is 1. The van der Waals surface area contributed by atoms with E-state index in [1.165, 1.54) is 5.57 Å². The lowest BCUT2D eigenvalue weighted by Gasteiger charge is -2.31. The molecule has 6 aromatic rings. The quantitative estimate of drug-likeness (QED) is 0.0140. The molecule has 0 aliphatic heterocycles. The van der Waals surface area contributed by atoms with Gasteiger partial charge in [-0.2, -0.15) is 28.8 Å². The van der Waals surface area contributed by atoms with Gasteiger partial charge in [0.05, 0.1) is 24.3 Å². The van der Waals surface area contributed by atoms with Crippen LogP contribution in [0, 0.1) is 0 Å². The fraction of sp³-hybridized carbons (Fsp3) is 0.736. The average molecular weight is 1770 g/mol. The first-order valence-corrected chi connectivity index (χ1v) is 66.5. The van der Waals surface area contributed by atoms with Gasteiger partial charge in [0.2, 0.25) is 0 Å². The van der Waals surface area contributed by atoms with Crippen LogP contribution in [0.2, 0.25) is 154 Å². The van der Waals surface area contributed by atoms with Gasteiger partial charge in [-0.05, 0) is 175 Å². The molecule has 3 N–H and O–H groups in total. The Morgan fingerprint density at radius 1 is 0.375 bits per heavy atom. The van der Waals surface area contributed by atoms with Crippen LogP contribution in [0.15, 0.2) is 61.1 Å². The van der Waals surface area contributed by atoms with Crippen molar-refractivity contribution in [3.8, 4) is 0 Å². The van der Waals surface area contributed by atoms with E-state index in [1.807, 2.05) is 94.1 Å². The second-order valence-electron chi connectivity index (χ2n) is 43.3. The van der Waals surface area contributed by atoms with Crippen molar-refractivity contribution in [2.75, 3.05) is 94.7 Å². The van der Waals surface area contributed by atoms with E-state index in [4.69, 9.17) is 57.6 Å². The number of fused-ring (bicyclic) bond motifs is 3. The van der Waals surface area contributed by atoms with Crippen molar-refractivity contribution in [3.05, 3.63) is 78.1 Å². The number of alkyl carbamates (subject to hydrolysis) is 3. The highest BCUT2D eigenvalue weighted by molar-refractivity contribution is 6.78. The van der Waals surface area contributed by atoms with E-state index in [0.717, 1.165) is 198 Å². The molecule has 6 aromatic heterocycles. The summed E-state index contributed by atoms with van der Waals surface area (Å²) in [5.41, 5.74) is 5.17. The van der Waals surface area contributed by atoms with E-state index in [-0.39, 0.29) is 36.4 Å². The van der Waals surface area contributed by atoms with E-state index in [2.05, 4.69) is 188 Å². The Balaban J connectivity index is 0.000000248. The number of aromatic nitrogens is 9. The molecule has 0 bridgehead atoms. The lowest BCUT2D eigenvalue weighted by molar-refractivity contribution is 0.0479. The second-order valence-corrected chi connectivity index (χ2v) is 77.1. The molecular formula is C87H157N15O12Si6. The van der Waals surface area contributed by atoms with E-state index >= 15 is 0 Å². The van der Waals surface area contributed by atoms with Crippen LogP contribution >= 0.6 is 0 Å². The summed E-state index contributed by atoms with van der Waals surface area (Å²) in [4.78, 5) is 58.1. The number of amides is 3. The SMILES string of the molecule is CC(C)(C)OC(=O)NC1CC=C(c2cc(N(COCC[Si](C)(C)C)COCC[Si](C)(C)C)n3nccc3n2)CC1.CC(C)(C)OC(=O)NC1CCC(c2cc(N(COCC[Si](C)(C)C)COCC[Si](C)(C)C)n3nccc3n2)CC1.CC(C)(C)OC(=O)NC1CCC(c2cc(N(COCC[Si](C)(C)C)COCC[Si](C)(C)C)n3nccc3n2)CC1. The number of nitrogens with zero attached hydrogens (tertiary/aromatic N) is 12. The van der Waals surface area contributed by atoms with Crippen molar-refractivity contribution >= 4 is 107 Å². The molecule has 0 spiro atoms. The number of carbonyl (C=O) groups excluding carboxylic acids is 3. The Morgan fingerprint density at radius 3 is 0.900 bits per heavy atom. The monoisotopic (exact) mass is 1770 g/mol. The zero-order valence-corrected chi connectivity index (χ0v) is 84.9. The lowest BCUT2D eigenvalue weighted by Crippen LogP contribution is -2.40. The molecular weight excluding hydrogens is 1620 g/mol. The zero-order valence-electron chi connectivity index (χ0n) is 78.9. The van der Waals surface area contributed by atoms with Crippen LogP contribution in [0.1, 0.15) is 162 Å². The number of hydrogen-bond acceptors (Lipinski definition) is 21. The topological polar surface area (TPSA) is 271 Å². The fourth-order valence-corrected chi connectivity index (χ4v) is 18.0. The first-order valence-electron chi connectivity index (χ1n) is 44.2. The van der Waals surface area contributed by atoms with Crippen LogP contribution in [0.4, 0.5) is 31.8 Å². The third kappa shape index (κ3) is 38.6. The van der Waals surface area contributed by atoms with Crippen molar-refractivity contribution in [1.82, 2.24) is 59.7 Å². The third-order valence-corrected chi connectivity index (χ3v) is 30.9. The minimum absolute atomic E-state index is 0.0489. The summed E-state index contributed by atoms with van der Waals surface area (Å²) in [6.45, 7) is 66.6. The normalized spacial score (nSPS) is 18.0. The van der Waals surface area contributed by atoms with E-state index in [0.29, 0.717) is 52.2 Å². The predicted molar refractivity (Wildman–Crippen MR) is 504 cm³/mol. The molecule has 9 rings (SSSR count). The lowest BCUT2D eigenvalue weighted by atomic mass is 9.84. The zero-order chi connectivity index (χ0) is 88.7. The fourth-order valence-electron chi connectivity index (χ4n) is 13.5. The third-order valence-electron chi connectivity index (χ3n) is 20.7. The first kappa shape index (κ1) is 101. The van der Waals surface area contributed by atoms with Crippen LogP contribution < -0.4 is 30.7 Å². The molecule has 2 saturated carbocycles. The minimum atomic E-state index is -1.19. The van der Waals surface area contributed by atoms with E-state index in [9.17, 15) is 14.4 Å². The Hall–Kier alpha value is -6.13. The van der Waals surface area contributed by atoms with E-state index < -0.39 is 65.2 Å². The summed E-state index contributed by atoms with van der Waals surface area (Å²) >= 11 is 0. The molecule has 3 aliphatic carbocycles. The number of anilines is 3. The van der Waals surface area contributed by atoms with Crippen LogP contribution in [0.5, 0.6) is 0 Å². The number of carbonyl (C=O) groups is 3. The van der Waals surface area contributed by atoms with Gasteiger partial charge in [0.25, 0.3) is 0 Å². The standard InChI is InChI=1S/2C29H53N5O4Si2.C29H51N5O4Si2/c3*1-29(2,3)38-28(35)31-24-12-10-23(11-13-24)25-20-27(34-26(32-25)14-15-30-34)33(21-36-16-18-39(4,5)6)22-37-17-19-40(7,8)9/h2*14-15,20,23-24H,10-13,16-19,21-22H2,1-9H3,(H,31,35);10,14-15,20,24H,11-13,16-19,21-22H2,1-9H3,(H,31,35). The molecule has 1 atom stereocenters. The minimum Gasteiger partial charge on any atom is -0.444 e. The highest BCUT2D eigenvalue weighted by Gasteiger charge is 2.33. The summed E-state index contributed by atoms with van der Waals surface area (Å²) < 4.78 is 59.1. The van der Waals surface area contributed by atoms with Gasteiger partial charge in [0, 0.05) is 166 Å². The first-order chi connectivity index (χ1) is 55.8. The smallest absolute Gasteiger partial charge is 0.407 e. The molecule has 0 saturated heterocycles. The molecule has 27 nitrogen and oxygen atoms in total. The Labute approximate surface area is 725 Å². The number of ether oxygens (including phenoxy) is 9. The van der Waals surface area contributed by atoms with Crippen LogP contribution in [-0.4, -0.2) is 225 Å². The van der Waals surface area contributed by atoms with Gasteiger partial charge < -0.3 is 73.3 Å². The molecule has 3 aliphatic rings. The predicted octanol–water partition coefficient (Wildman–Crippen LogP) is 20.0. The van der Waals surface area contributed by atoms with Crippen molar-refractivity contribution in [1.29, 1.82) is 0 Å². The summed E-state index contributed by atoms with van der Waals surface area (Å²) in [6, 6.07) is 19.3. The summed E-state index contributed by atoms with van der Waals surface area (Å²) in [5, 5.41) is 22.8. The maximum absolute atomic E-state index is 12.3. The van der Waals surface area contributed by atoms with Crippen molar-refractivity contribution < 1.29 is 57.0 Å². The van der Waals surface area contributed by atoms with Crippen molar-refractivity contribution in [3.63, 3.8) is 0 Å². The number of rotatable bonds is 39. The van der Waals surface area contributed by atoms with Crippen molar-refractivity contribution in [2.45, 2.75) is 334 Å². The molecule has 0 radical (unpaired) electrons. The van der Waals surface area contributed by atoms with Crippen molar-refractivity contribution in [2.24, 2.45) is 0 Å². The van der Waals surface area contributed by atoms with E-state index in [1.54, 1.807) is 18.6 Å². The molecule has 0 aromatic carbocycles. The highest BCUT2D eigenvalue weighted by atomic mass is 28.3. The molecule has 33 heteroatoms. The second kappa shape index (κ2) is 45.2. The number of nitrogens with one attached hydrogen (secondary N) is 3. The Kier molecular flexibility index (Phi) is 38.0. The maximum atomic E-state index is 12.3. The largest absolute Gasteiger partial charge is 0.444 e. The molecule has 2 fully saturated rings. The molecule has 676 valence electrons. The molecule has 1 unspecified atom stereocenters. The van der Waals surface area contributed by atoms with Gasteiger partial charge >= 0.3 is 18.3 Å². The molecule has 6 heterocycles. The summed E-state index contributed by atoms with van der Waals surface area (Å²) in [5.74, 6) is 3.43. The number of hydrogen-bond donors (Lipinski definition) is 3. The van der Waals surface area contributed by atoms with Gasteiger partial charge in [0.1, 0.15) is 74.6 Å². The summed E-state index contributed by atoms with van der Waals surface area (Å²) in [7, 11) is -7.12. The highest BCUT2D eigenvalue weighted by Crippen LogP contribution is 2.37. The molecule has 3 amide bonds. The van der Waals surface area contributed by atoms with Crippen LogP contribution in [0.25, 0.3) is 22.5 Å². The van der Waals surface area contributed by atoms with Crippen LogP contribution in [-0.2, 0) is 42.6 Å². The summed E-state index contributed by atoms with van der Waals surface area (Å²) in [6.07, 6.45) is 16.3. The average Bonchev–Trinajstić information content (AvgIpc) is 1.57. The van der Waals surface area contributed by atoms with Gasteiger partial charge in [-0.3, -0.25) is 0 Å². The molecule has 120 heavy (non-hydrogen) atoms. The van der Waals surface area contributed by atoms with Gasteiger partial charge in [-0.1, -0.05) is 124 Å². The maximum Gasteiger partial charge on any atom is 0.407 e. The Morgan fingerprint density at radius 2 is 0.642 bits per heavy atom. The van der Waals surface area contributed by atoms with Gasteiger partial charge in [-0.15, -0.1) is 0 Å². The van der Waals surface area contributed by atoms with Gasteiger partial charge in [-0.25, -0.2) is 29.3 Å².